The highest BCUT2D eigenvalue weighted by Gasteiger charge is 2.30. The molecule has 1 heterocycles. The number of benzene rings is 2. The largest absolute Gasteiger partial charge is 0.497 e. The summed E-state index contributed by atoms with van der Waals surface area (Å²) in [7, 11) is 1.58. The molecular formula is C18H19FN2O2. The second-order valence-corrected chi connectivity index (χ2v) is 5.57. The second-order valence-electron chi connectivity index (χ2n) is 5.57. The first kappa shape index (κ1) is 15.3. The molecule has 5 heteroatoms. The summed E-state index contributed by atoms with van der Waals surface area (Å²) in [6.07, 6.45) is 1.75. The van der Waals surface area contributed by atoms with Gasteiger partial charge < -0.3 is 15.0 Å². The van der Waals surface area contributed by atoms with E-state index < -0.39 is 0 Å². The van der Waals surface area contributed by atoms with Crippen LogP contribution in [-0.4, -0.2) is 24.6 Å². The van der Waals surface area contributed by atoms with Gasteiger partial charge in [-0.2, -0.15) is 0 Å². The third-order valence-electron chi connectivity index (χ3n) is 4.07. The lowest BCUT2D eigenvalue weighted by Gasteiger charge is -2.25. The third-order valence-corrected chi connectivity index (χ3v) is 4.07. The number of hydrogen-bond acceptors (Lipinski definition) is 2. The predicted molar refractivity (Wildman–Crippen MR) is 87.1 cm³/mol. The Hall–Kier alpha value is -2.56. The van der Waals surface area contributed by atoms with Crippen LogP contribution in [-0.2, 0) is 0 Å². The first-order valence-corrected chi connectivity index (χ1v) is 7.64. The maximum atomic E-state index is 13.4. The quantitative estimate of drug-likeness (QED) is 0.922. The van der Waals surface area contributed by atoms with Crippen LogP contribution < -0.4 is 10.1 Å². The molecule has 4 nitrogen and oxygen atoms in total. The van der Waals surface area contributed by atoms with Crippen LogP contribution in [0.25, 0.3) is 0 Å². The molecule has 1 atom stereocenters. The molecule has 1 aliphatic heterocycles. The lowest BCUT2D eigenvalue weighted by molar-refractivity contribution is 0.207. The van der Waals surface area contributed by atoms with E-state index in [1.165, 1.54) is 12.1 Å². The highest BCUT2D eigenvalue weighted by Crippen LogP contribution is 2.32. The van der Waals surface area contributed by atoms with Crippen molar-refractivity contribution in [3.8, 4) is 5.75 Å². The fourth-order valence-electron chi connectivity index (χ4n) is 2.97. The number of carbonyl (C=O) groups excluding carboxylic acids is 1. The van der Waals surface area contributed by atoms with Gasteiger partial charge in [-0.25, -0.2) is 9.18 Å². The Kier molecular flexibility index (Phi) is 4.46. The zero-order valence-electron chi connectivity index (χ0n) is 13.0. The van der Waals surface area contributed by atoms with Gasteiger partial charge in [-0.15, -0.1) is 0 Å². The molecule has 0 radical (unpaired) electrons. The maximum absolute atomic E-state index is 13.4. The molecule has 23 heavy (non-hydrogen) atoms. The van der Waals surface area contributed by atoms with Crippen LogP contribution >= 0.6 is 0 Å². The average Bonchev–Trinajstić information content (AvgIpc) is 3.05. The summed E-state index contributed by atoms with van der Waals surface area (Å²) in [6, 6.07) is 13.4. The molecule has 0 saturated carbocycles. The fourth-order valence-corrected chi connectivity index (χ4v) is 2.97. The lowest BCUT2D eigenvalue weighted by atomic mass is 10.0. The average molecular weight is 314 g/mol. The highest BCUT2D eigenvalue weighted by molar-refractivity contribution is 5.90. The number of rotatable bonds is 3. The lowest BCUT2D eigenvalue weighted by Crippen LogP contribution is -2.34. The Morgan fingerprint density at radius 3 is 2.87 bits per heavy atom. The smallest absolute Gasteiger partial charge is 0.322 e. The summed E-state index contributed by atoms with van der Waals surface area (Å²) in [5.74, 6) is 0.411. The van der Waals surface area contributed by atoms with E-state index in [9.17, 15) is 9.18 Å². The molecule has 3 rings (SSSR count). The Balaban J connectivity index is 1.75. The van der Waals surface area contributed by atoms with E-state index in [4.69, 9.17) is 4.74 Å². The van der Waals surface area contributed by atoms with Gasteiger partial charge in [0.25, 0.3) is 0 Å². The zero-order chi connectivity index (χ0) is 16.2. The number of likely N-dealkylation sites (tertiary alicyclic amines) is 1. The van der Waals surface area contributed by atoms with E-state index in [1.807, 2.05) is 24.3 Å². The molecule has 1 N–H and O–H groups in total. The normalized spacial score (nSPS) is 17.1. The molecule has 0 unspecified atom stereocenters. The van der Waals surface area contributed by atoms with E-state index in [0.29, 0.717) is 18.0 Å². The van der Waals surface area contributed by atoms with Gasteiger partial charge in [0.1, 0.15) is 11.6 Å². The number of hydrogen-bond donors (Lipinski definition) is 1. The van der Waals surface area contributed by atoms with Gasteiger partial charge in [-0.1, -0.05) is 18.2 Å². The van der Waals surface area contributed by atoms with Crippen LogP contribution in [0, 0.1) is 5.82 Å². The van der Waals surface area contributed by atoms with Crippen LogP contribution in [0.4, 0.5) is 14.9 Å². The molecule has 2 amide bonds. The summed E-state index contributed by atoms with van der Waals surface area (Å²) in [5, 5.41) is 2.89. The summed E-state index contributed by atoms with van der Waals surface area (Å²) in [5.41, 5.74) is 1.52. The third kappa shape index (κ3) is 3.44. The van der Waals surface area contributed by atoms with E-state index in [0.717, 1.165) is 18.4 Å². The summed E-state index contributed by atoms with van der Waals surface area (Å²) >= 11 is 0. The second kappa shape index (κ2) is 6.69. The van der Waals surface area contributed by atoms with E-state index in [-0.39, 0.29) is 17.9 Å². The summed E-state index contributed by atoms with van der Waals surface area (Å²) in [6.45, 7) is 0.664. The standard InChI is InChI=1S/C18H19FN2O2/c1-23-16-8-3-7-15(12-16)20-18(22)21-10-4-9-17(21)13-5-2-6-14(19)11-13/h2-3,5-8,11-12,17H,4,9-10H2,1H3,(H,20,22)/t17-/m0/s1. The number of nitrogens with zero attached hydrogens (tertiary/aromatic N) is 1. The first-order chi connectivity index (χ1) is 11.2. The van der Waals surface area contributed by atoms with Crippen LogP contribution in [0.2, 0.25) is 0 Å². The van der Waals surface area contributed by atoms with Crippen molar-refractivity contribution in [2.45, 2.75) is 18.9 Å². The SMILES string of the molecule is COc1cccc(NC(=O)N2CCC[C@H]2c2cccc(F)c2)c1. The van der Waals surface area contributed by atoms with Gasteiger partial charge in [0.15, 0.2) is 0 Å². The first-order valence-electron chi connectivity index (χ1n) is 7.64. The molecule has 0 aromatic heterocycles. The van der Waals surface area contributed by atoms with Gasteiger partial charge >= 0.3 is 6.03 Å². The van der Waals surface area contributed by atoms with Crippen molar-refractivity contribution in [1.82, 2.24) is 4.90 Å². The molecule has 1 aliphatic rings. The topological polar surface area (TPSA) is 41.6 Å². The molecule has 0 bridgehead atoms. The number of anilines is 1. The Bertz CT molecular complexity index is 705. The molecule has 0 spiro atoms. The molecule has 120 valence electrons. The minimum atomic E-state index is -0.275. The minimum absolute atomic E-state index is 0.0868. The van der Waals surface area contributed by atoms with Crippen molar-refractivity contribution in [2.75, 3.05) is 19.0 Å². The maximum Gasteiger partial charge on any atom is 0.322 e. The fraction of sp³-hybridized carbons (Fsp3) is 0.278. The number of halogens is 1. The molecular weight excluding hydrogens is 295 g/mol. The number of carbonyl (C=O) groups is 1. The molecule has 1 fully saturated rings. The van der Waals surface area contributed by atoms with Crippen LogP contribution in [0.1, 0.15) is 24.4 Å². The van der Waals surface area contributed by atoms with Crippen LogP contribution in [0.5, 0.6) is 5.75 Å². The molecule has 2 aromatic rings. The highest BCUT2D eigenvalue weighted by atomic mass is 19.1. The number of amides is 2. The number of ether oxygens (including phenoxy) is 1. The molecule has 2 aromatic carbocycles. The van der Waals surface area contributed by atoms with Crippen LogP contribution in [0.3, 0.4) is 0 Å². The monoisotopic (exact) mass is 314 g/mol. The van der Waals surface area contributed by atoms with Crippen molar-refractivity contribution in [1.29, 1.82) is 0 Å². The van der Waals surface area contributed by atoms with Crippen molar-refractivity contribution in [2.24, 2.45) is 0 Å². The van der Waals surface area contributed by atoms with Crippen molar-refractivity contribution in [3.63, 3.8) is 0 Å². The minimum Gasteiger partial charge on any atom is -0.497 e. The Morgan fingerprint density at radius 1 is 1.26 bits per heavy atom. The summed E-state index contributed by atoms with van der Waals surface area (Å²) < 4.78 is 18.6. The van der Waals surface area contributed by atoms with Crippen LogP contribution in [0.15, 0.2) is 48.5 Å². The predicted octanol–water partition coefficient (Wildman–Crippen LogP) is 4.20. The number of nitrogens with one attached hydrogen (secondary N) is 1. The number of urea groups is 1. The van der Waals surface area contributed by atoms with E-state index in [1.54, 1.807) is 24.1 Å². The Labute approximate surface area is 134 Å². The van der Waals surface area contributed by atoms with Crippen molar-refractivity contribution >= 4 is 11.7 Å². The van der Waals surface area contributed by atoms with Crippen molar-refractivity contribution in [3.05, 3.63) is 59.9 Å². The van der Waals surface area contributed by atoms with E-state index >= 15 is 0 Å². The van der Waals surface area contributed by atoms with Crippen molar-refractivity contribution < 1.29 is 13.9 Å². The van der Waals surface area contributed by atoms with Gasteiger partial charge in [0, 0.05) is 18.3 Å². The zero-order valence-corrected chi connectivity index (χ0v) is 13.0. The number of methoxy groups -OCH3 is 1. The van der Waals surface area contributed by atoms with Gasteiger partial charge in [-0.05, 0) is 42.7 Å². The van der Waals surface area contributed by atoms with Gasteiger partial charge in [-0.3, -0.25) is 0 Å². The Morgan fingerprint density at radius 2 is 2.09 bits per heavy atom. The van der Waals surface area contributed by atoms with E-state index in [2.05, 4.69) is 5.32 Å². The van der Waals surface area contributed by atoms with Gasteiger partial charge in [0.05, 0.1) is 13.2 Å². The molecule has 1 saturated heterocycles. The summed E-state index contributed by atoms with van der Waals surface area (Å²) in [4.78, 5) is 14.3. The van der Waals surface area contributed by atoms with Gasteiger partial charge in [0.2, 0.25) is 0 Å². The molecule has 0 aliphatic carbocycles.